The predicted molar refractivity (Wildman–Crippen MR) is 138 cm³/mol. The van der Waals surface area contributed by atoms with Crippen molar-refractivity contribution in [1.29, 1.82) is 0 Å². The first kappa shape index (κ1) is 22.6. The summed E-state index contributed by atoms with van der Waals surface area (Å²) < 4.78 is 5.49. The third kappa shape index (κ3) is 5.13. The Balaban J connectivity index is 0.986. The van der Waals surface area contributed by atoms with E-state index in [9.17, 15) is 4.79 Å². The number of aromatic nitrogens is 5. The Kier molecular flexibility index (Phi) is 5.72. The standard InChI is InChI=1S/C28H31N7O2/c36-26(14-18-1-2-18)35-11-9-34(10-12-35)17-19-7-8-29-22(13-19)16-25-30-23-6-5-21(15-24(23)31-25)28-32-27(33-37-28)20-3-4-20/h5-8,13,15,18,20H,1-4,9-12,14,16-17H2,(H,30,31). The summed E-state index contributed by atoms with van der Waals surface area (Å²) in [6.45, 7) is 4.37. The molecular weight excluding hydrogens is 466 g/mol. The van der Waals surface area contributed by atoms with Crippen LogP contribution in [-0.2, 0) is 17.8 Å². The van der Waals surface area contributed by atoms with E-state index < -0.39 is 0 Å². The van der Waals surface area contributed by atoms with Crippen LogP contribution >= 0.6 is 0 Å². The molecule has 7 rings (SSSR count). The number of hydrogen-bond acceptors (Lipinski definition) is 7. The van der Waals surface area contributed by atoms with Gasteiger partial charge < -0.3 is 14.4 Å². The van der Waals surface area contributed by atoms with Crippen LogP contribution in [0.2, 0.25) is 0 Å². The van der Waals surface area contributed by atoms with Gasteiger partial charge in [-0.3, -0.25) is 14.7 Å². The lowest BCUT2D eigenvalue weighted by Crippen LogP contribution is -2.48. The van der Waals surface area contributed by atoms with Crippen LogP contribution in [0.3, 0.4) is 0 Å². The number of nitrogens with one attached hydrogen (secondary N) is 1. The van der Waals surface area contributed by atoms with E-state index in [1.165, 1.54) is 18.4 Å². The van der Waals surface area contributed by atoms with Crippen LogP contribution in [0, 0.1) is 5.92 Å². The van der Waals surface area contributed by atoms with Crippen molar-refractivity contribution in [2.75, 3.05) is 26.2 Å². The Hall–Kier alpha value is -3.59. The van der Waals surface area contributed by atoms with Gasteiger partial charge in [0.1, 0.15) is 5.82 Å². The zero-order valence-corrected chi connectivity index (χ0v) is 20.9. The molecule has 4 aromatic rings. The normalized spacial score (nSPS) is 18.5. The highest BCUT2D eigenvalue weighted by Crippen LogP contribution is 2.39. The molecule has 3 aromatic heterocycles. The van der Waals surface area contributed by atoms with E-state index >= 15 is 0 Å². The van der Waals surface area contributed by atoms with Crippen molar-refractivity contribution < 1.29 is 9.32 Å². The van der Waals surface area contributed by atoms with Gasteiger partial charge in [0.2, 0.25) is 5.91 Å². The van der Waals surface area contributed by atoms with E-state index in [-0.39, 0.29) is 0 Å². The van der Waals surface area contributed by atoms with Crippen molar-refractivity contribution in [3.05, 3.63) is 59.4 Å². The number of fused-ring (bicyclic) bond motifs is 1. The van der Waals surface area contributed by atoms with Gasteiger partial charge in [-0.15, -0.1) is 0 Å². The number of pyridine rings is 1. The molecule has 2 saturated carbocycles. The van der Waals surface area contributed by atoms with E-state index in [1.54, 1.807) is 0 Å². The van der Waals surface area contributed by atoms with Crippen LogP contribution in [-0.4, -0.2) is 67.0 Å². The maximum atomic E-state index is 12.4. The molecule has 190 valence electrons. The lowest BCUT2D eigenvalue weighted by atomic mass is 10.1. The van der Waals surface area contributed by atoms with E-state index in [2.05, 4.69) is 37.1 Å². The molecule has 1 aliphatic heterocycles. The zero-order valence-electron chi connectivity index (χ0n) is 20.9. The molecule has 3 fully saturated rings. The number of carbonyl (C=O) groups excluding carboxylic acids is 1. The van der Waals surface area contributed by atoms with Crippen LogP contribution in [0.5, 0.6) is 0 Å². The topological polar surface area (TPSA) is 104 Å². The molecule has 37 heavy (non-hydrogen) atoms. The Morgan fingerprint density at radius 2 is 1.89 bits per heavy atom. The number of imidazole rings is 1. The van der Waals surface area contributed by atoms with Crippen molar-refractivity contribution in [2.24, 2.45) is 5.92 Å². The smallest absolute Gasteiger partial charge is 0.258 e. The highest BCUT2D eigenvalue weighted by molar-refractivity contribution is 5.80. The van der Waals surface area contributed by atoms with E-state index in [4.69, 9.17) is 9.51 Å². The van der Waals surface area contributed by atoms with E-state index in [0.29, 0.717) is 30.1 Å². The fourth-order valence-corrected chi connectivity index (χ4v) is 5.15. The van der Waals surface area contributed by atoms with Crippen LogP contribution in [0.15, 0.2) is 41.1 Å². The number of hydrogen-bond donors (Lipinski definition) is 1. The first-order valence-corrected chi connectivity index (χ1v) is 13.4. The highest BCUT2D eigenvalue weighted by Gasteiger charge is 2.30. The quantitative estimate of drug-likeness (QED) is 0.393. The summed E-state index contributed by atoms with van der Waals surface area (Å²) in [6.07, 6.45) is 8.01. The Bertz CT molecular complexity index is 1430. The SMILES string of the molecule is O=C(CC1CC1)N1CCN(Cc2ccnc(Cc3nc4ccc(-c5nc(C6CC6)no5)cc4[nH]3)c2)CC1. The summed E-state index contributed by atoms with van der Waals surface area (Å²) in [5.74, 6) is 3.71. The Labute approximate surface area is 215 Å². The van der Waals surface area contributed by atoms with Crippen LogP contribution in [0.1, 0.15) is 60.9 Å². The molecule has 0 atom stereocenters. The molecule has 1 amide bonds. The number of piperazine rings is 1. The third-order valence-electron chi connectivity index (χ3n) is 7.68. The predicted octanol–water partition coefficient (Wildman–Crippen LogP) is 3.92. The van der Waals surface area contributed by atoms with Gasteiger partial charge in [-0.25, -0.2) is 4.98 Å². The average molecular weight is 498 g/mol. The number of amides is 1. The summed E-state index contributed by atoms with van der Waals surface area (Å²) >= 11 is 0. The van der Waals surface area contributed by atoms with Gasteiger partial charge in [-0.2, -0.15) is 4.98 Å². The lowest BCUT2D eigenvalue weighted by Gasteiger charge is -2.35. The minimum Gasteiger partial charge on any atom is -0.342 e. The number of benzene rings is 1. The summed E-state index contributed by atoms with van der Waals surface area (Å²) in [5.41, 5.74) is 4.98. The first-order chi connectivity index (χ1) is 18.2. The van der Waals surface area contributed by atoms with Gasteiger partial charge in [0.05, 0.1) is 11.0 Å². The minimum absolute atomic E-state index is 0.339. The summed E-state index contributed by atoms with van der Waals surface area (Å²) in [4.78, 5) is 34.2. The first-order valence-electron chi connectivity index (χ1n) is 13.4. The van der Waals surface area contributed by atoms with Gasteiger partial charge in [0, 0.05) is 68.9 Å². The molecule has 2 aliphatic carbocycles. The average Bonchev–Trinajstić information content (AvgIpc) is 3.83. The molecular formula is C28H31N7O2. The highest BCUT2D eigenvalue weighted by atomic mass is 16.5. The molecule has 0 bridgehead atoms. The summed E-state index contributed by atoms with van der Waals surface area (Å²) in [5, 5.41) is 4.13. The monoisotopic (exact) mass is 497 g/mol. The fourth-order valence-electron chi connectivity index (χ4n) is 5.15. The Morgan fingerprint density at radius 3 is 2.70 bits per heavy atom. The molecule has 1 aromatic carbocycles. The van der Waals surface area contributed by atoms with Gasteiger partial charge in [0.25, 0.3) is 5.89 Å². The summed E-state index contributed by atoms with van der Waals surface area (Å²) in [7, 11) is 0. The van der Waals surface area contributed by atoms with Crippen molar-refractivity contribution in [3.63, 3.8) is 0 Å². The second kappa shape index (κ2) is 9.37. The van der Waals surface area contributed by atoms with Crippen LogP contribution in [0.4, 0.5) is 0 Å². The number of H-pyrrole nitrogens is 1. The fraction of sp³-hybridized carbons (Fsp3) is 0.464. The molecule has 3 aliphatic rings. The zero-order chi connectivity index (χ0) is 24.8. The molecule has 4 heterocycles. The van der Waals surface area contributed by atoms with Crippen molar-refractivity contribution in [1.82, 2.24) is 34.9 Å². The maximum Gasteiger partial charge on any atom is 0.258 e. The van der Waals surface area contributed by atoms with Gasteiger partial charge >= 0.3 is 0 Å². The molecule has 1 saturated heterocycles. The van der Waals surface area contributed by atoms with E-state index in [1.807, 2.05) is 29.3 Å². The number of rotatable bonds is 8. The van der Waals surface area contributed by atoms with Crippen molar-refractivity contribution in [2.45, 2.75) is 51.0 Å². The minimum atomic E-state index is 0.339. The maximum absolute atomic E-state index is 12.4. The summed E-state index contributed by atoms with van der Waals surface area (Å²) in [6, 6.07) is 10.2. The second-order valence-electron chi connectivity index (χ2n) is 10.8. The molecule has 9 heteroatoms. The van der Waals surface area contributed by atoms with Crippen molar-refractivity contribution in [3.8, 4) is 11.5 Å². The molecule has 0 radical (unpaired) electrons. The van der Waals surface area contributed by atoms with Gasteiger partial charge in [-0.05, 0) is 67.5 Å². The largest absolute Gasteiger partial charge is 0.342 e. The molecule has 9 nitrogen and oxygen atoms in total. The van der Waals surface area contributed by atoms with Crippen molar-refractivity contribution >= 4 is 16.9 Å². The number of aromatic amines is 1. The Morgan fingerprint density at radius 1 is 1.03 bits per heavy atom. The van der Waals surface area contributed by atoms with Crippen LogP contribution in [0.25, 0.3) is 22.5 Å². The van der Waals surface area contributed by atoms with Gasteiger partial charge in [-0.1, -0.05) is 5.16 Å². The van der Waals surface area contributed by atoms with Gasteiger partial charge in [0.15, 0.2) is 5.82 Å². The molecule has 0 spiro atoms. The van der Waals surface area contributed by atoms with E-state index in [0.717, 1.165) is 85.9 Å². The number of nitrogens with zero attached hydrogens (tertiary/aromatic N) is 6. The van der Waals surface area contributed by atoms with Crippen LogP contribution < -0.4 is 0 Å². The molecule has 1 N–H and O–H groups in total. The number of carbonyl (C=O) groups is 1. The second-order valence-corrected chi connectivity index (χ2v) is 10.8. The third-order valence-corrected chi connectivity index (χ3v) is 7.68. The lowest BCUT2D eigenvalue weighted by molar-refractivity contribution is -0.133. The molecule has 0 unspecified atom stereocenters.